The molecule has 0 bridgehead atoms. The van der Waals surface area contributed by atoms with Gasteiger partial charge in [0.25, 0.3) is 0 Å². The van der Waals surface area contributed by atoms with E-state index in [4.69, 9.17) is 10.00 Å². The van der Waals surface area contributed by atoms with Crippen LogP contribution in [0.15, 0.2) is 48.5 Å². The second kappa shape index (κ2) is 6.58. The number of benzene rings is 2. The van der Waals surface area contributed by atoms with Crippen molar-refractivity contribution in [2.75, 3.05) is 12.4 Å². The third-order valence-corrected chi connectivity index (χ3v) is 3.23. The molecule has 2 rings (SSSR count). The van der Waals surface area contributed by atoms with E-state index < -0.39 is 6.04 Å². The van der Waals surface area contributed by atoms with Crippen molar-refractivity contribution >= 4 is 11.7 Å². The lowest BCUT2D eigenvalue weighted by atomic mass is 10.1. The second-order valence-corrected chi connectivity index (χ2v) is 4.65. The molecule has 21 heavy (non-hydrogen) atoms. The first kappa shape index (κ1) is 14.6. The van der Waals surface area contributed by atoms with E-state index in [2.05, 4.69) is 11.4 Å². The molecular formula is C17H16N2O2. The normalized spacial score (nSPS) is 11.3. The number of anilines is 1. The summed E-state index contributed by atoms with van der Waals surface area (Å²) in [5.41, 5.74) is 3.08. The maximum atomic E-state index is 12.0. The molecule has 1 unspecified atom stereocenters. The predicted molar refractivity (Wildman–Crippen MR) is 80.7 cm³/mol. The standard InChI is InChI=1S/C17H16N2O2/c1-12-10-15(9-8-14(12)11-18)19-16(17(20)21-2)13-6-4-3-5-7-13/h3-10,16,19H,1-2H3. The first-order chi connectivity index (χ1) is 10.2. The zero-order valence-electron chi connectivity index (χ0n) is 12.0. The molecule has 2 aromatic rings. The van der Waals surface area contributed by atoms with Gasteiger partial charge in [-0.1, -0.05) is 30.3 Å². The molecule has 0 saturated heterocycles. The fourth-order valence-corrected chi connectivity index (χ4v) is 2.09. The number of carbonyl (C=O) groups is 1. The number of methoxy groups -OCH3 is 1. The van der Waals surface area contributed by atoms with Crippen molar-refractivity contribution in [1.82, 2.24) is 0 Å². The van der Waals surface area contributed by atoms with Crippen molar-refractivity contribution in [3.05, 3.63) is 65.2 Å². The van der Waals surface area contributed by atoms with Gasteiger partial charge in [-0.3, -0.25) is 0 Å². The van der Waals surface area contributed by atoms with Gasteiger partial charge in [0, 0.05) is 5.69 Å². The summed E-state index contributed by atoms with van der Waals surface area (Å²) in [5.74, 6) is -0.358. The Bertz CT molecular complexity index is 675. The summed E-state index contributed by atoms with van der Waals surface area (Å²) in [7, 11) is 1.37. The number of rotatable bonds is 4. The van der Waals surface area contributed by atoms with E-state index in [1.165, 1.54) is 7.11 Å². The SMILES string of the molecule is COC(=O)C(Nc1ccc(C#N)c(C)c1)c1ccccc1. The predicted octanol–water partition coefficient (Wildman–Crippen LogP) is 3.19. The van der Waals surface area contributed by atoms with E-state index in [9.17, 15) is 4.79 Å². The number of aryl methyl sites for hydroxylation is 1. The van der Waals surface area contributed by atoms with Crippen molar-refractivity contribution in [1.29, 1.82) is 5.26 Å². The molecule has 0 aromatic heterocycles. The largest absolute Gasteiger partial charge is 0.467 e. The van der Waals surface area contributed by atoms with Crippen LogP contribution in [-0.4, -0.2) is 13.1 Å². The number of nitrogens with zero attached hydrogens (tertiary/aromatic N) is 1. The Kier molecular flexibility index (Phi) is 4.57. The van der Waals surface area contributed by atoms with Gasteiger partial charge < -0.3 is 10.1 Å². The second-order valence-electron chi connectivity index (χ2n) is 4.65. The third-order valence-electron chi connectivity index (χ3n) is 3.23. The molecule has 0 spiro atoms. The molecule has 0 saturated carbocycles. The molecule has 1 N–H and O–H groups in total. The highest BCUT2D eigenvalue weighted by Gasteiger charge is 2.21. The van der Waals surface area contributed by atoms with Crippen LogP contribution in [0.4, 0.5) is 5.69 Å². The zero-order valence-corrected chi connectivity index (χ0v) is 12.0. The number of hydrogen-bond acceptors (Lipinski definition) is 4. The molecule has 1 atom stereocenters. The van der Waals surface area contributed by atoms with Crippen LogP contribution in [0.5, 0.6) is 0 Å². The van der Waals surface area contributed by atoms with Gasteiger partial charge in [-0.15, -0.1) is 0 Å². The molecule has 0 aliphatic rings. The summed E-state index contributed by atoms with van der Waals surface area (Å²) in [6, 6.07) is 16.3. The lowest BCUT2D eigenvalue weighted by molar-refractivity contribution is -0.141. The van der Waals surface area contributed by atoms with E-state index >= 15 is 0 Å². The van der Waals surface area contributed by atoms with Crippen LogP contribution >= 0.6 is 0 Å². The lowest BCUT2D eigenvalue weighted by Gasteiger charge is -2.18. The van der Waals surface area contributed by atoms with Crippen LogP contribution in [0.25, 0.3) is 0 Å². The number of carbonyl (C=O) groups excluding carboxylic acids is 1. The van der Waals surface area contributed by atoms with Crippen LogP contribution < -0.4 is 5.32 Å². The highest BCUT2D eigenvalue weighted by molar-refractivity contribution is 5.81. The van der Waals surface area contributed by atoms with Crippen molar-refractivity contribution in [3.63, 3.8) is 0 Å². The molecule has 0 radical (unpaired) electrons. The lowest BCUT2D eigenvalue weighted by Crippen LogP contribution is -2.22. The van der Waals surface area contributed by atoms with E-state index in [0.29, 0.717) is 5.56 Å². The van der Waals surface area contributed by atoms with E-state index in [1.54, 1.807) is 12.1 Å². The molecule has 0 aliphatic carbocycles. The Morgan fingerprint density at radius 2 is 1.95 bits per heavy atom. The Labute approximate surface area is 124 Å². The minimum atomic E-state index is -0.580. The molecule has 0 fully saturated rings. The number of ether oxygens (including phenoxy) is 1. The highest BCUT2D eigenvalue weighted by atomic mass is 16.5. The minimum Gasteiger partial charge on any atom is -0.467 e. The average molecular weight is 280 g/mol. The highest BCUT2D eigenvalue weighted by Crippen LogP contribution is 2.22. The van der Waals surface area contributed by atoms with Crippen molar-refractivity contribution in [3.8, 4) is 6.07 Å². The van der Waals surface area contributed by atoms with Crippen molar-refractivity contribution < 1.29 is 9.53 Å². The van der Waals surface area contributed by atoms with Gasteiger partial charge in [-0.25, -0.2) is 4.79 Å². The summed E-state index contributed by atoms with van der Waals surface area (Å²) < 4.78 is 4.86. The topological polar surface area (TPSA) is 62.1 Å². The maximum Gasteiger partial charge on any atom is 0.332 e. The van der Waals surface area contributed by atoms with Gasteiger partial charge >= 0.3 is 5.97 Å². The van der Waals surface area contributed by atoms with Gasteiger partial charge in [0.15, 0.2) is 6.04 Å². The summed E-state index contributed by atoms with van der Waals surface area (Å²) in [5, 5.41) is 12.1. The Hall–Kier alpha value is -2.80. The molecule has 0 aliphatic heterocycles. The summed E-state index contributed by atoms with van der Waals surface area (Å²) in [6.07, 6.45) is 0. The summed E-state index contributed by atoms with van der Waals surface area (Å²) >= 11 is 0. The molecule has 106 valence electrons. The summed E-state index contributed by atoms with van der Waals surface area (Å²) in [6.45, 7) is 1.86. The first-order valence-electron chi connectivity index (χ1n) is 6.55. The van der Waals surface area contributed by atoms with E-state index in [-0.39, 0.29) is 5.97 Å². The number of hydrogen-bond donors (Lipinski definition) is 1. The van der Waals surface area contributed by atoms with Crippen LogP contribution in [0.2, 0.25) is 0 Å². The number of esters is 1. The number of nitriles is 1. The fourth-order valence-electron chi connectivity index (χ4n) is 2.09. The Morgan fingerprint density at radius 3 is 2.52 bits per heavy atom. The average Bonchev–Trinajstić information content (AvgIpc) is 2.53. The molecular weight excluding hydrogens is 264 g/mol. The van der Waals surface area contributed by atoms with Crippen molar-refractivity contribution in [2.45, 2.75) is 13.0 Å². The van der Waals surface area contributed by atoms with Crippen LogP contribution in [0.1, 0.15) is 22.7 Å². The quantitative estimate of drug-likeness (QED) is 0.874. The Morgan fingerprint density at radius 1 is 1.24 bits per heavy atom. The third kappa shape index (κ3) is 3.40. The van der Waals surface area contributed by atoms with Crippen LogP contribution in [0.3, 0.4) is 0 Å². The zero-order chi connectivity index (χ0) is 15.2. The van der Waals surface area contributed by atoms with Gasteiger partial charge in [-0.05, 0) is 36.2 Å². The maximum absolute atomic E-state index is 12.0. The number of nitrogens with one attached hydrogen (secondary N) is 1. The Balaban J connectivity index is 2.30. The van der Waals surface area contributed by atoms with Crippen LogP contribution in [-0.2, 0) is 9.53 Å². The molecule has 4 nitrogen and oxygen atoms in total. The van der Waals surface area contributed by atoms with Crippen molar-refractivity contribution in [2.24, 2.45) is 0 Å². The van der Waals surface area contributed by atoms with Gasteiger partial charge in [0.2, 0.25) is 0 Å². The minimum absolute atomic E-state index is 0.358. The van der Waals surface area contributed by atoms with Gasteiger partial charge in [-0.2, -0.15) is 5.26 Å². The molecule has 0 amide bonds. The van der Waals surface area contributed by atoms with Gasteiger partial charge in [0.1, 0.15) is 0 Å². The van der Waals surface area contributed by atoms with Gasteiger partial charge in [0.05, 0.1) is 18.7 Å². The smallest absolute Gasteiger partial charge is 0.332 e. The first-order valence-corrected chi connectivity index (χ1v) is 6.55. The van der Waals surface area contributed by atoms with E-state index in [1.807, 2.05) is 43.3 Å². The van der Waals surface area contributed by atoms with Crippen LogP contribution in [0, 0.1) is 18.3 Å². The fraction of sp³-hybridized carbons (Fsp3) is 0.176. The molecule has 0 heterocycles. The van der Waals surface area contributed by atoms with E-state index in [0.717, 1.165) is 16.8 Å². The molecule has 4 heteroatoms. The monoisotopic (exact) mass is 280 g/mol. The molecule has 2 aromatic carbocycles. The summed E-state index contributed by atoms with van der Waals surface area (Å²) in [4.78, 5) is 12.0.